The summed E-state index contributed by atoms with van der Waals surface area (Å²) >= 11 is 0. The summed E-state index contributed by atoms with van der Waals surface area (Å²) in [7, 11) is 0. The van der Waals surface area contributed by atoms with Crippen LogP contribution in [0.3, 0.4) is 0 Å². The Morgan fingerprint density at radius 2 is 2.03 bits per heavy atom. The van der Waals surface area contributed by atoms with Crippen LogP contribution in [0.25, 0.3) is 11.2 Å². The minimum Gasteiger partial charge on any atom is -0.454 e. The number of benzene rings is 1. The van der Waals surface area contributed by atoms with Crippen LogP contribution in [0.15, 0.2) is 24.5 Å². The van der Waals surface area contributed by atoms with Crippen molar-refractivity contribution in [3.05, 3.63) is 35.9 Å². The average molecular weight is 449 g/mol. The molecule has 3 aliphatic rings. The molecule has 6 rings (SSSR count). The highest BCUT2D eigenvalue weighted by atomic mass is 16.7. The molecule has 3 aliphatic heterocycles. The second-order valence-corrected chi connectivity index (χ2v) is 9.05. The fraction of sp³-hybridized carbons (Fsp3) is 0.500. The Hall–Kier alpha value is -3.36. The molecule has 5 heterocycles. The number of nitrogens with zero attached hydrogens (tertiary/aromatic N) is 5. The molecule has 0 bridgehead atoms. The van der Waals surface area contributed by atoms with Gasteiger partial charge in [-0.25, -0.2) is 15.0 Å². The summed E-state index contributed by atoms with van der Waals surface area (Å²) in [6.07, 6.45) is 8.01. The number of aryl methyl sites for hydroxylation is 2. The van der Waals surface area contributed by atoms with Gasteiger partial charge >= 0.3 is 0 Å². The van der Waals surface area contributed by atoms with E-state index < -0.39 is 0 Å². The average Bonchev–Trinajstić information content (AvgIpc) is 3.39. The summed E-state index contributed by atoms with van der Waals surface area (Å²) in [5, 5.41) is 3.10. The largest absolute Gasteiger partial charge is 0.454 e. The molecule has 1 unspecified atom stereocenters. The number of fused-ring (bicyclic) bond motifs is 4. The summed E-state index contributed by atoms with van der Waals surface area (Å²) in [6, 6.07) is 5.77. The van der Waals surface area contributed by atoms with Gasteiger partial charge in [-0.2, -0.15) is 0 Å². The highest BCUT2D eigenvalue weighted by Crippen LogP contribution is 2.33. The Labute approximate surface area is 192 Å². The molecule has 9 nitrogen and oxygen atoms in total. The molecular formula is C24H28N6O3. The van der Waals surface area contributed by atoms with E-state index in [1.165, 1.54) is 12.8 Å². The Morgan fingerprint density at radius 1 is 1.09 bits per heavy atom. The summed E-state index contributed by atoms with van der Waals surface area (Å²) in [5.74, 6) is 3.44. The fourth-order valence-corrected chi connectivity index (χ4v) is 5.12. The van der Waals surface area contributed by atoms with Gasteiger partial charge < -0.3 is 24.3 Å². The van der Waals surface area contributed by atoms with Crippen molar-refractivity contribution in [1.82, 2.24) is 24.8 Å². The number of carbonyl (C=O) groups excluding carboxylic acids is 1. The van der Waals surface area contributed by atoms with Gasteiger partial charge in [-0.05, 0) is 43.4 Å². The first-order chi connectivity index (χ1) is 16.3. The number of aromatic nitrogens is 4. The summed E-state index contributed by atoms with van der Waals surface area (Å²) in [4.78, 5) is 29.3. The number of nitrogens with one attached hydrogen (secondary N) is 1. The zero-order valence-electron chi connectivity index (χ0n) is 18.6. The number of amides is 1. The third kappa shape index (κ3) is 3.85. The lowest BCUT2D eigenvalue weighted by Gasteiger charge is -2.32. The SMILES string of the molecule is O=C(NCc1ccc2c(c1)OCO2)C1CCCN(c2ncnc3c2nc2n3CCCCC2)C1. The lowest BCUT2D eigenvalue weighted by Crippen LogP contribution is -2.43. The predicted molar refractivity (Wildman–Crippen MR) is 122 cm³/mol. The van der Waals surface area contributed by atoms with Crippen LogP contribution < -0.4 is 19.7 Å². The van der Waals surface area contributed by atoms with E-state index in [-0.39, 0.29) is 18.6 Å². The number of carbonyl (C=O) groups is 1. The Balaban J connectivity index is 1.16. The van der Waals surface area contributed by atoms with Gasteiger partial charge in [-0.3, -0.25) is 4.79 Å². The highest BCUT2D eigenvalue weighted by molar-refractivity contribution is 5.85. The van der Waals surface area contributed by atoms with E-state index in [2.05, 4.69) is 24.8 Å². The third-order valence-electron chi connectivity index (χ3n) is 6.87. The number of imidazole rings is 1. The lowest BCUT2D eigenvalue weighted by molar-refractivity contribution is -0.125. The summed E-state index contributed by atoms with van der Waals surface area (Å²) < 4.78 is 13.1. The summed E-state index contributed by atoms with van der Waals surface area (Å²) in [6.45, 7) is 3.20. The first-order valence-corrected chi connectivity index (χ1v) is 11.9. The highest BCUT2D eigenvalue weighted by Gasteiger charge is 2.29. The van der Waals surface area contributed by atoms with Crippen LogP contribution in [0.5, 0.6) is 11.5 Å². The van der Waals surface area contributed by atoms with Crippen LogP contribution in [0.4, 0.5) is 5.82 Å². The number of hydrogen-bond donors (Lipinski definition) is 1. The molecular weight excluding hydrogens is 420 g/mol. The Kier molecular flexibility index (Phi) is 5.24. The second-order valence-electron chi connectivity index (χ2n) is 9.05. The Bertz CT molecular complexity index is 1190. The maximum Gasteiger partial charge on any atom is 0.231 e. The maximum atomic E-state index is 13.0. The van der Waals surface area contributed by atoms with Gasteiger partial charge in [0.1, 0.15) is 12.2 Å². The zero-order chi connectivity index (χ0) is 22.2. The molecule has 3 aromatic rings. The number of rotatable bonds is 4. The topological polar surface area (TPSA) is 94.4 Å². The standard InChI is InChI=1S/C24H28N6O3/c31-24(25-12-16-7-8-18-19(11-16)33-15-32-18)17-5-4-9-29(13-17)22-21-23(27-14-26-22)30-10-3-1-2-6-20(30)28-21/h7-8,11,14,17H,1-6,9-10,12-13,15H2,(H,25,31). The number of ether oxygens (including phenoxy) is 2. The first kappa shape index (κ1) is 20.3. The molecule has 1 saturated heterocycles. The lowest BCUT2D eigenvalue weighted by atomic mass is 9.97. The van der Waals surface area contributed by atoms with E-state index in [1.54, 1.807) is 6.33 Å². The van der Waals surface area contributed by atoms with E-state index in [9.17, 15) is 4.79 Å². The van der Waals surface area contributed by atoms with Crippen molar-refractivity contribution in [2.45, 2.75) is 51.6 Å². The van der Waals surface area contributed by atoms with Gasteiger partial charge in [0.2, 0.25) is 12.7 Å². The molecule has 172 valence electrons. The quantitative estimate of drug-likeness (QED) is 0.656. The van der Waals surface area contributed by atoms with Crippen molar-refractivity contribution in [1.29, 1.82) is 0 Å². The molecule has 0 spiro atoms. The minimum atomic E-state index is -0.0850. The van der Waals surface area contributed by atoms with Crippen LogP contribution in [0.2, 0.25) is 0 Å². The molecule has 33 heavy (non-hydrogen) atoms. The molecule has 0 saturated carbocycles. The predicted octanol–water partition coefficient (Wildman–Crippen LogP) is 2.81. The van der Waals surface area contributed by atoms with Gasteiger partial charge in [0.05, 0.1) is 5.92 Å². The molecule has 1 fully saturated rings. The van der Waals surface area contributed by atoms with Crippen LogP contribution in [0.1, 0.15) is 43.5 Å². The van der Waals surface area contributed by atoms with Gasteiger partial charge in [-0.15, -0.1) is 0 Å². The number of hydrogen-bond acceptors (Lipinski definition) is 7. The van der Waals surface area contributed by atoms with Crippen LogP contribution in [-0.2, 0) is 24.3 Å². The van der Waals surface area contributed by atoms with Crippen molar-refractivity contribution >= 4 is 22.9 Å². The minimum absolute atomic E-state index is 0.0725. The van der Waals surface area contributed by atoms with Crippen molar-refractivity contribution in [2.75, 3.05) is 24.8 Å². The van der Waals surface area contributed by atoms with Crippen molar-refractivity contribution in [3.63, 3.8) is 0 Å². The van der Waals surface area contributed by atoms with Gasteiger partial charge in [0.25, 0.3) is 0 Å². The molecule has 1 N–H and O–H groups in total. The number of piperidine rings is 1. The molecule has 2 aromatic heterocycles. The molecule has 0 aliphatic carbocycles. The molecule has 0 radical (unpaired) electrons. The van der Waals surface area contributed by atoms with E-state index in [4.69, 9.17) is 14.5 Å². The van der Waals surface area contributed by atoms with Crippen LogP contribution in [-0.4, -0.2) is 45.3 Å². The smallest absolute Gasteiger partial charge is 0.231 e. The van der Waals surface area contributed by atoms with E-state index in [0.29, 0.717) is 13.1 Å². The van der Waals surface area contributed by atoms with E-state index in [1.807, 2.05) is 18.2 Å². The van der Waals surface area contributed by atoms with Crippen LogP contribution in [0, 0.1) is 5.92 Å². The molecule has 9 heteroatoms. The van der Waals surface area contributed by atoms with Gasteiger partial charge in [0, 0.05) is 32.6 Å². The van der Waals surface area contributed by atoms with Gasteiger partial charge in [-0.1, -0.05) is 12.5 Å². The molecule has 1 atom stereocenters. The van der Waals surface area contributed by atoms with Crippen LogP contribution >= 0.6 is 0 Å². The van der Waals surface area contributed by atoms with E-state index >= 15 is 0 Å². The maximum absolute atomic E-state index is 13.0. The van der Waals surface area contributed by atoms with Crippen molar-refractivity contribution in [2.24, 2.45) is 5.92 Å². The first-order valence-electron chi connectivity index (χ1n) is 11.9. The fourth-order valence-electron chi connectivity index (χ4n) is 5.12. The monoisotopic (exact) mass is 448 g/mol. The molecule has 1 amide bonds. The van der Waals surface area contributed by atoms with Crippen molar-refractivity contribution in [3.8, 4) is 11.5 Å². The second kappa shape index (κ2) is 8.53. The number of anilines is 1. The van der Waals surface area contributed by atoms with E-state index in [0.717, 1.165) is 78.6 Å². The summed E-state index contributed by atoms with van der Waals surface area (Å²) in [5.41, 5.74) is 2.79. The Morgan fingerprint density at radius 3 is 3.00 bits per heavy atom. The normalized spacial score (nSPS) is 19.9. The van der Waals surface area contributed by atoms with Crippen molar-refractivity contribution < 1.29 is 14.3 Å². The molecule has 1 aromatic carbocycles. The van der Waals surface area contributed by atoms with Gasteiger partial charge in [0.15, 0.2) is 28.5 Å². The zero-order valence-corrected chi connectivity index (χ0v) is 18.6. The third-order valence-corrected chi connectivity index (χ3v) is 6.87.